The topological polar surface area (TPSA) is 53.8 Å². The number of halogens is 1. The van der Waals surface area contributed by atoms with Gasteiger partial charge in [-0.2, -0.15) is 0 Å². The molecule has 0 radical (unpaired) electrons. The number of furan rings is 1. The standard InChI is InChI=1S/C24H23FN2O3/c1-2-14-26(24(29)21-12-6-7-13-22(21)25)18-23(28)27(17-20-11-8-15-30-20)16-19-9-4-3-5-10-19/h2-13,15H,1,14,16-18H2. The van der Waals surface area contributed by atoms with Gasteiger partial charge in [0, 0.05) is 13.1 Å². The predicted octanol–water partition coefficient (Wildman–Crippen LogP) is 4.28. The van der Waals surface area contributed by atoms with Crippen molar-refractivity contribution in [1.82, 2.24) is 9.80 Å². The molecule has 0 bridgehead atoms. The largest absolute Gasteiger partial charge is 0.467 e. The van der Waals surface area contributed by atoms with Crippen molar-refractivity contribution in [2.24, 2.45) is 0 Å². The lowest BCUT2D eigenvalue weighted by atomic mass is 10.1. The first-order valence-electron chi connectivity index (χ1n) is 9.57. The normalized spacial score (nSPS) is 10.4. The van der Waals surface area contributed by atoms with E-state index in [0.717, 1.165) is 5.56 Å². The number of carbonyl (C=O) groups is 2. The maximum absolute atomic E-state index is 14.1. The number of benzene rings is 2. The molecule has 0 aliphatic rings. The Bertz CT molecular complexity index is 987. The van der Waals surface area contributed by atoms with Gasteiger partial charge < -0.3 is 14.2 Å². The Labute approximate surface area is 175 Å². The summed E-state index contributed by atoms with van der Waals surface area (Å²) in [7, 11) is 0. The van der Waals surface area contributed by atoms with Crippen LogP contribution in [-0.2, 0) is 17.9 Å². The van der Waals surface area contributed by atoms with Crippen LogP contribution in [0.1, 0.15) is 21.7 Å². The monoisotopic (exact) mass is 406 g/mol. The van der Waals surface area contributed by atoms with Crippen molar-refractivity contribution in [1.29, 1.82) is 0 Å². The van der Waals surface area contributed by atoms with Crippen LogP contribution >= 0.6 is 0 Å². The molecule has 2 amide bonds. The summed E-state index contributed by atoms with van der Waals surface area (Å²) >= 11 is 0. The highest BCUT2D eigenvalue weighted by atomic mass is 19.1. The minimum Gasteiger partial charge on any atom is -0.467 e. The molecule has 3 rings (SSSR count). The molecule has 0 unspecified atom stereocenters. The van der Waals surface area contributed by atoms with Crippen molar-refractivity contribution in [3.63, 3.8) is 0 Å². The molecule has 0 spiro atoms. The van der Waals surface area contributed by atoms with Crippen molar-refractivity contribution in [2.45, 2.75) is 13.1 Å². The van der Waals surface area contributed by atoms with E-state index in [2.05, 4.69) is 6.58 Å². The fourth-order valence-electron chi connectivity index (χ4n) is 3.07. The first-order valence-corrected chi connectivity index (χ1v) is 9.57. The zero-order valence-corrected chi connectivity index (χ0v) is 16.5. The van der Waals surface area contributed by atoms with Gasteiger partial charge in [0.2, 0.25) is 5.91 Å². The third-order valence-corrected chi connectivity index (χ3v) is 4.56. The molecule has 1 aromatic heterocycles. The Kier molecular flexibility index (Phi) is 7.16. The molecule has 0 fully saturated rings. The van der Waals surface area contributed by atoms with Gasteiger partial charge in [0.1, 0.15) is 18.1 Å². The zero-order valence-electron chi connectivity index (χ0n) is 16.5. The second-order valence-electron chi connectivity index (χ2n) is 6.77. The summed E-state index contributed by atoms with van der Waals surface area (Å²) in [6.07, 6.45) is 3.06. The maximum atomic E-state index is 14.1. The van der Waals surface area contributed by atoms with Crippen molar-refractivity contribution in [2.75, 3.05) is 13.1 Å². The molecule has 1 heterocycles. The fourth-order valence-corrected chi connectivity index (χ4v) is 3.07. The maximum Gasteiger partial charge on any atom is 0.257 e. The number of carbonyl (C=O) groups excluding carboxylic acids is 2. The van der Waals surface area contributed by atoms with Gasteiger partial charge in [0.05, 0.1) is 18.4 Å². The third kappa shape index (κ3) is 5.44. The van der Waals surface area contributed by atoms with Gasteiger partial charge in [-0.15, -0.1) is 6.58 Å². The molecule has 5 nitrogen and oxygen atoms in total. The van der Waals surface area contributed by atoms with Crippen LogP contribution in [0, 0.1) is 5.82 Å². The molecule has 0 aliphatic carbocycles. The van der Waals surface area contributed by atoms with Crippen molar-refractivity contribution in [3.05, 3.63) is 108 Å². The highest BCUT2D eigenvalue weighted by Crippen LogP contribution is 2.14. The van der Waals surface area contributed by atoms with Crippen LogP contribution in [0.2, 0.25) is 0 Å². The summed E-state index contributed by atoms with van der Waals surface area (Å²) in [5.41, 5.74) is 0.876. The van der Waals surface area contributed by atoms with E-state index in [4.69, 9.17) is 4.42 Å². The summed E-state index contributed by atoms with van der Waals surface area (Å²) in [4.78, 5) is 28.9. The third-order valence-electron chi connectivity index (χ3n) is 4.56. The molecule has 0 atom stereocenters. The van der Waals surface area contributed by atoms with Crippen molar-refractivity contribution in [3.8, 4) is 0 Å². The Morgan fingerprint density at radius 1 is 0.933 bits per heavy atom. The minimum absolute atomic E-state index is 0.0761. The smallest absolute Gasteiger partial charge is 0.257 e. The molecule has 0 aliphatic heterocycles. The van der Waals surface area contributed by atoms with Crippen LogP contribution in [0.5, 0.6) is 0 Å². The average Bonchev–Trinajstić information content (AvgIpc) is 3.27. The predicted molar refractivity (Wildman–Crippen MR) is 112 cm³/mol. The molecular formula is C24H23FN2O3. The van der Waals surface area contributed by atoms with E-state index < -0.39 is 11.7 Å². The van der Waals surface area contributed by atoms with Gasteiger partial charge in [-0.1, -0.05) is 48.5 Å². The molecule has 3 aromatic rings. The van der Waals surface area contributed by atoms with E-state index in [1.807, 2.05) is 30.3 Å². The number of rotatable bonds is 9. The van der Waals surface area contributed by atoms with Gasteiger partial charge in [-0.05, 0) is 29.8 Å². The molecule has 0 saturated heterocycles. The van der Waals surface area contributed by atoms with Crippen LogP contribution in [0.4, 0.5) is 4.39 Å². The molecule has 0 saturated carbocycles. The quantitative estimate of drug-likeness (QED) is 0.499. The highest BCUT2D eigenvalue weighted by Gasteiger charge is 2.24. The summed E-state index contributed by atoms with van der Waals surface area (Å²) in [6.45, 7) is 4.19. The van der Waals surface area contributed by atoms with E-state index >= 15 is 0 Å². The second kappa shape index (κ2) is 10.2. The summed E-state index contributed by atoms with van der Waals surface area (Å²) in [6, 6.07) is 18.8. The van der Waals surface area contributed by atoms with Crippen LogP contribution < -0.4 is 0 Å². The number of nitrogens with zero attached hydrogens (tertiary/aromatic N) is 2. The molecule has 2 aromatic carbocycles. The summed E-state index contributed by atoms with van der Waals surface area (Å²) in [5, 5.41) is 0. The van der Waals surface area contributed by atoms with Crippen LogP contribution in [-0.4, -0.2) is 34.7 Å². The van der Waals surface area contributed by atoms with Crippen molar-refractivity contribution >= 4 is 11.8 Å². The van der Waals surface area contributed by atoms with Crippen LogP contribution in [0.15, 0.2) is 90.1 Å². The number of hydrogen-bond acceptors (Lipinski definition) is 3. The van der Waals surface area contributed by atoms with E-state index in [9.17, 15) is 14.0 Å². The summed E-state index contributed by atoms with van der Waals surface area (Å²) in [5.74, 6) is -0.823. The molecule has 6 heteroatoms. The fraction of sp³-hybridized carbons (Fsp3) is 0.167. The number of hydrogen-bond donors (Lipinski definition) is 0. The van der Waals surface area contributed by atoms with Gasteiger partial charge in [-0.25, -0.2) is 4.39 Å². The lowest BCUT2D eigenvalue weighted by molar-refractivity contribution is -0.133. The van der Waals surface area contributed by atoms with Gasteiger partial charge in [0.25, 0.3) is 5.91 Å². The van der Waals surface area contributed by atoms with Crippen LogP contribution in [0.25, 0.3) is 0 Å². The first-order chi connectivity index (χ1) is 14.6. The summed E-state index contributed by atoms with van der Waals surface area (Å²) < 4.78 is 19.5. The second-order valence-corrected chi connectivity index (χ2v) is 6.77. The first kappa shape index (κ1) is 21.0. The van der Waals surface area contributed by atoms with E-state index in [1.165, 1.54) is 29.2 Å². The Morgan fingerprint density at radius 3 is 2.33 bits per heavy atom. The van der Waals surface area contributed by atoms with Crippen LogP contribution in [0.3, 0.4) is 0 Å². The van der Waals surface area contributed by atoms with Gasteiger partial charge in [-0.3, -0.25) is 9.59 Å². The molecule has 30 heavy (non-hydrogen) atoms. The zero-order chi connectivity index (χ0) is 21.3. The van der Waals surface area contributed by atoms with E-state index in [0.29, 0.717) is 12.3 Å². The lowest BCUT2D eigenvalue weighted by Crippen LogP contribution is -2.42. The Hall–Kier alpha value is -3.67. The van der Waals surface area contributed by atoms with Gasteiger partial charge in [0.15, 0.2) is 0 Å². The molecule has 0 N–H and O–H groups in total. The van der Waals surface area contributed by atoms with Gasteiger partial charge >= 0.3 is 0 Å². The average molecular weight is 406 g/mol. The van der Waals surface area contributed by atoms with E-state index in [-0.39, 0.29) is 31.1 Å². The minimum atomic E-state index is -0.624. The van der Waals surface area contributed by atoms with Crippen molar-refractivity contribution < 1.29 is 18.4 Å². The molecular weight excluding hydrogens is 383 g/mol. The Morgan fingerprint density at radius 2 is 1.67 bits per heavy atom. The van der Waals surface area contributed by atoms with E-state index in [1.54, 1.807) is 29.4 Å². The molecule has 154 valence electrons. The lowest BCUT2D eigenvalue weighted by Gasteiger charge is -2.27. The highest BCUT2D eigenvalue weighted by molar-refractivity contribution is 5.96. The number of amides is 2. The SMILES string of the molecule is C=CCN(CC(=O)N(Cc1ccccc1)Cc1ccco1)C(=O)c1ccccc1F. The Balaban J connectivity index is 1.79.